The Morgan fingerprint density at radius 1 is 1.13 bits per heavy atom. The second kappa shape index (κ2) is 4.09. The third-order valence-electron chi connectivity index (χ3n) is 2.25. The van der Waals surface area contributed by atoms with Crippen LogP contribution < -0.4 is 0 Å². The average Bonchev–Trinajstić information content (AvgIpc) is 2.47. The molecule has 2 rings (SSSR count). The summed E-state index contributed by atoms with van der Waals surface area (Å²) in [6.45, 7) is 4.23. The molecule has 5 heteroatoms. The smallest absolute Gasteiger partial charge is 0.186 e. The highest BCUT2D eigenvalue weighted by molar-refractivity contribution is 9.38. The van der Waals surface area contributed by atoms with Gasteiger partial charge in [0.2, 0.25) is 0 Å². The molecule has 0 N–H and O–H groups in total. The standard InChI is InChI=1S/C10H8Br3NS/c1-5-3-7-8(4-6(5)2)15-9(14-7)10(11,12)13/h3-4H,1-2H3. The molecule has 1 heterocycles. The number of hydrogen-bond acceptors (Lipinski definition) is 2. The summed E-state index contributed by atoms with van der Waals surface area (Å²) >= 11 is 12.1. The molecule has 0 bridgehead atoms. The molecular weight excluding hydrogens is 406 g/mol. The SMILES string of the molecule is Cc1cc2nc(C(Br)(Br)Br)sc2cc1C. The molecule has 0 aliphatic heterocycles. The predicted molar refractivity (Wildman–Crippen MR) is 77.6 cm³/mol. The van der Waals surface area contributed by atoms with Gasteiger partial charge in [-0.15, -0.1) is 11.3 Å². The van der Waals surface area contributed by atoms with Crippen molar-refractivity contribution < 1.29 is 0 Å². The summed E-state index contributed by atoms with van der Waals surface area (Å²) in [5, 5.41) is 0.975. The van der Waals surface area contributed by atoms with Gasteiger partial charge in [0.25, 0.3) is 0 Å². The highest BCUT2D eigenvalue weighted by Crippen LogP contribution is 2.47. The van der Waals surface area contributed by atoms with Gasteiger partial charge in [-0.1, -0.05) is 47.8 Å². The fourth-order valence-corrected chi connectivity index (χ4v) is 3.21. The van der Waals surface area contributed by atoms with Crippen molar-refractivity contribution in [2.45, 2.75) is 16.0 Å². The van der Waals surface area contributed by atoms with Gasteiger partial charge in [0.05, 0.1) is 10.2 Å². The first-order chi connectivity index (χ1) is 6.88. The van der Waals surface area contributed by atoms with Crippen molar-refractivity contribution in [2.75, 3.05) is 0 Å². The normalized spacial score (nSPS) is 12.3. The summed E-state index contributed by atoms with van der Waals surface area (Å²) in [6, 6.07) is 4.31. The number of rotatable bonds is 0. The van der Waals surface area contributed by atoms with Gasteiger partial charge in [-0.05, 0) is 37.1 Å². The van der Waals surface area contributed by atoms with Crippen molar-refractivity contribution in [3.05, 3.63) is 28.3 Å². The Labute approximate surface area is 118 Å². The molecule has 0 unspecified atom stereocenters. The van der Waals surface area contributed by atoms with Crippen LogP contribution in [0.15, 0.2) is 12.1 Å². The number of fused-ring (bicyclic) bond motifs is 1. The van der Waals surface area contributed by atoms with E-state index in [1.165, 1.54) is 15.8 Å². The Bertz CT molecular complexity index is 474. The maximum Gasteiger partial charge on any atom is 0.186 e. The van der Waals surface area contributed by atoms with E-state index in [1.807, 2.05) is 0 Å². The van der Waals surface area contributed by atoms with E-state index in [4.69, 9.17) is 0 Å². The number of thiazole rings is 1. The summed E-state index contributed by atoms with van der Waals surface area (Å²) < 4.78 is 0.814. The van der Waals surface area contributed by atoms with Gasteiger partial charge in [-0.2, -0.15) is 0 Å². The maximum absolute atomic E-state index is 4.56. The minimum Gasteiger partial charge on any atom is -0.238 e. The summed E-state index contributed by atoms with van der Waals surface area (Å²) in [5.74, 6) is 0. The summed E-state index contributed by atoms with van der Waals surface area (Å²) in [5.41, 5.74) is 3.64. The van der Waals surface area contributed by atoms with E-state index in [1.54, 1.807) is 11.3 Å². The number of nitrogens with zero attached hydrogens (tertiary/aromatic N) is 1. The van der Waals surface area contributed by atoms with Gasteiger partial charge < -0.3 is 0 Å². The molecule has 15 heavy (non-hydrogen) atoms. The van der Waals surface area contributed by atoms with Crippen LogP contribution in [0.5, 0.6) is 0 Å². The molecule has 0 radical (unpaired) electrons. The monoisotopic (exact) mass is 411 g/mol. The Hall–Kier alpha value is 0.550. The molecule has 0 atom stereocenters. The lowest BCUT2D eigenvalue weighted by molar-refractivity contribution is 1.27. The molecule has 2 aromatic rings. The fraction of sp³-hybridized carbons (Fsp3) is 0.300. The van der Waals surface area contributed by atoms with Gasteiger partial charge in [0.15, 0.2) is 2.14 Å². The Balaban J connectivity index is 2.66. The van der Waals surface area contributed by atoms with Gasteiger partial charge in [0, 0.05) is 0 Å². The predicted octanol–water partition coefficient (Wildman–Crippen LogP) is 5.21. The Morgan fingerprint density at radius 2 is 1.73 bits per heavy atom. The second-order valence-corrected chi connectivity index (χ2v) is 11.2. The lowest BCUT2D eigenvalue weighted by Crippen LogP contribution is -1.95. The largest absolute Gasteiger partial charge is 0.238 e. The van der Waals surface area contributed by atoms with Crippen molar-refractivity contribution >= 4 is 69.3 Å². The lowest BCUT2D eigenvalue weighted by atomic mass is 10.1. The van der Waals surface area contributed by atoms with Gasteiger partial charge in [-0.25, -0.2) is 4.98 Å². The zero-order valence-electron chi connectivity index (χ0n) is 8.14. The molecule has 80 valence electrons. The number of aromatic nitrogens is 1. The van der Waals surface area contributed by atoms with E-state index >= 15 is 0 Å². The highest BCUT2D eigenvalue weighted by Gasteiger charge is 2.25. The molecule has 0 fully saturated rings. The maximum atomic E-state index is 4.56. The van der Waals surface area contributed by atoms with E-state index in [0.29, 0.717) is 0 Å². The van der Waals surface area contributed by atoms with Crippen LogP contribution in [-0.2, 0) is 2.14 Å². The molecule has 0 saturated carbocycles. The van der Waals surface area contributed by atoms with Crippen LogP contribution in [0.4, 0.5) is 0 Å². The number of benzene rings is 1. The van der Waals surface area contributed by atoms with Gasteiger partial charge >= 0.3 is 0 Å². The van der Waals surface area contributed by atoms with Crippen LogP contribution in [0.25, 0.3) is 10.2 Å². The van der Waals surface area contributed by atoms with Crippen molar-refractivity contribution in [3.8, 4) is 0 Å². The zero-order valence-corrected chi connectivity index (χ0v) is 13.7. The molecule has 1 nitrogen and oxygen atoms in total. The minimum absolute atomic E-state index is 0.404. The van der Waals surface area contributed by atoms with Gasteiger partial charge in [0.1, 0.15) is 5.01 Å². The molecular formula is C10H8Br3NS. The average molecular weight is 414 g/mol. The first-order valence-electron chi connectivity index (χ1n) is 4.33. The molecule has 0 amide bonds. The molecule has 0 aliphatic rings. The van der Waals surface area contributed by atoms with Crippen molar-refractivity contribution in [3.63, 3.8) is 0 Å². The van der Waals surface area contributed by atoms with Crippen LogP contribution in [-0.4, -0.2) is 4.98 Å². The van der Waals surface area contributed by atoms with Crippen molar-refractivity contribution in [1.29, 1.82) is 0 Å². The summed E-state index contributed by atoms with van der Waals surface area (Å²) in [7, 11) is 0. The molecule has 0 aliphatic carbocycles. The van der Waals surface area contributed by atoms with Crippen LogP contribution in [0.3, 0.4) is 0 Å². The first-order valence-corrected chi connectivity index (χ1v) is 7.52. The summed E-state index contributed by atoms with van der Waals surface area (Å²) in [4.78, 5) is 4.56. The van der Waals surface area contributed by atoms with Gasteiger partial charge in [-0.3, -0.25) is 0 Å². The van der Waals surface area contributed by atoms with Crippen LogP contribution in [0.2, 0.25) is 0 Å². The lowest BCUT2D eigenvalue weighted by Gasteiger charge is -2.05. The Kier molecular flexibility index (Phi) is 3.28. The summed E-state index contributed by atoms with van der Waals surface area (Å²) in [6.07, 6.45) is 0. The quantitative estimate of drug-likeness (QED) is 0.540. The Morgan fingerprint density at radius 3 is 2.33 bits per heavy atom. The van der Waals surface area contributed by atoms with Crippen molar-refractivity contribution in [2.24, 2.45) is 0 Å². The molecule has 0 saturated heterocycles. The second-order valence-electron chi connectivity index (χ2n) is 3.42. The third-order valence-corrected chi connectivity index (χ3v) is 5.30. The fourth-order valence-electron chi connectivity index (χ4n) is 1.30. The first kappa shape index (κ1) is 12.0. The van der Waals surface area contributed by atoms with E-state index in [-0.39, 0.29) is 0 Å². The zero-order chi connectivity index (χ0) is 11.2. The van der Waals surface area contributed by atoms with Crippen LogP contribution >= 0.6 is 59.1 Å². The van der Waals surface area contributed by atoms with E-state index in [2.05, 4.69) is 78.8 Å². The highest BCUT2D eigenvalue weighted by atomic mass is 80.0. The number of aryl methyl sites for hydroxylation is 2. The topological polar surface area (TPSA) is 12.9 Å². The van der Waals surface area contributed by atoms with E-state index < -0.39 is 2.14 Å². The molecule has 1 aromatic carbocycles. The van der Waals surface area contributed by atoms with Crippen molar-refractivity contribution in [1.82, 2.24) is 4.98 Å². The van der Waals surface area contributed by atoms with E-state index in [0.717, 1.165) is 10.5 Å². The van der Waals surface area contributed by atoms with E-state index in [9.17, 15) is 0 Å². The van der Waals surface area contributed by atoms with Crippen LogP contribution in [0, 0.1) is 13.8 Å². The third kappa shape index (κ3) is 2.46. The molecule has 1 aromatic heterocycles. The minimum atomic E-state index is -0.404. The molecule has 0 spiro atoms. The number of hydrogen-bond donors (Lipinski definition) is 0. The number of halogens is 3. The van der Waals surface area contributed by atoms with Crippen LogP contribution in [0.1, 0.15) is 16.1 Å². The number of alkyl halides is 3.